The molecule has 0 unspecified atom stereocenters. The van der Waals surface area contributed by atoms with Crippen LogP contribution in [0.25, 0.3) is 0 Å². The van der Waals surface area contributed by atoms with Crippen molar-refractivity contribution in [1.29, 1.82) is 0 Å². The number of nitrogens with zero attached hydrogens (tertiary/aromatic N) is 2. The van der Waals surface area contributed by atoms with E-state index in [0.29, 0.717) is 17.2 Å². The normalized spacial score (nSPS) is 12.0. The molecule has 7 nitrogen and oxygen atoms in total. The molecule has 1 aliphatic rings. The van der Waals surface area contributed by atoms with Crippen molar-refractivity contribution in [2.24, 2.45) is 0 Å². The van der Waals surface area contributed by atoms with Gasteiger partial charge in [0.05, 0.1) is 5.69 Å². The molecule has 0 saturated heterocycles. The van der Waals surface area contributed by atoms with Crippen LogP contribution in [-0.2, 0) is 0 Å². The molecule has 0 aliphatic carbocycles. The van der Waals surface area contributed by atoms with E-state index in [0.717, 1.165) is 18.5 Å². The number of fused-ring (bicyclic) bond motifs is 1. The number of carbonyl (C=O) groups excluding carboxylic acids is 1. The van der Waals surface area contributed by atoms with Crippen LogP contribution in [0.3, 0.4) is 0 Å². The van der Waals surface area contributed by atoms with Gasteiger partial charge in [0.2, 0.25) is 6.79 Å². The van der Waals surface area contributed by atoms with Crippen molar-refractivity contribution < 1.29 is 27.4 Å². The van der Waals surface area contributed by atoms with Crippen LogP contribution in [0.4, 0.5) is 30.4 Å². The van der Waals surface area contributed by atoms with Crippen molar-refractivity contribution in [1.82, 2.24) is 9.97 Å². The number of halogens is 3. The summed E-state index contributed by atoms with van der Waals surface area (Å²) in [4.78, 5) is 20.1. The molecule has 0 saturated carbocycles. The van der Waals surface area contributed by atoms with Crippen molar-refractivity contribution in [3.8, 4) is 11.5 Å². The SMILES string of the molecule is O=C(Nc1ccc2c(c1)OCO2)c1cc(Nc2ccc(F)c(F)c2F)ncn1. The van der Waals surface area contributed by atoms with Crippen molar-refractivity contribution in [3.05, 3.63) is 65.9 Å². The highest BCUT2D eigenvalue weighted by molar-refractivity contribution is 6.03. The van der Waals surface area contributed by atoms with Gasteiger partial charge in [-0.3, -0.25) is 4.79 Å². The van der Waals surface area contributed by atoms with E-state index >= 15 is 0 Å². The molecule has 0 radical (unpaired) electrons. The van der Waals surface area contributed by atoms with Crippen LogP contribution in [0.1, 0.15) is 10.5 Å². The lowest BCUT2D eigenvalue weighted by Crippen LogP contribution is -2.14. The fourth-order valence-electron chi connectivity index (χ4n) is 2.48. The topological polar surface area (TPSA) is 85.4 Å². The molecule has 3 aromatic rings. The molecule has 2 aromatic carbocycles. The maximum atomic E-state index is 13.8. The standard InChI is InChI=1S/C18H11F3N4O3/c19-10-2-3-11(17(21)16(10)20)25-15-6-12(22-7-23-15)18(26)24-9-1-4-13-14(5-9)28-8-27-13/h1-7H,8H2,(H,24,26)(H,22,23,25). The molecule has 1 amide bonds. The molecular weight excluding hydrogens is 377 g/mol. The monoisotopic (exact) mass is 388 g/mol. The van der Waals surface area contributed by atoms with Crippen molar-refractivity contribution in [2.75, 3.05) is 17.4 Å². The third-order valence-electron chi connectivity index (χ3n) is 3.83. The molecule has 142 valence electrons. The minimum Gasteiger partial charge on any atom is -0.454 e. The maximum absolute atomic E-state index is 13.8. The van der Waals surface area contributed by atoms with E-state index in [2.05, 4.69) is 20.6 Å². The number of carbonyl (C=O) groups is 1. The molecule has 2 N–H and O–H groups in total. The average molecular weight is 388 g/mol. The Labute approximate surface area is 156 Å². The zero-order chi connectivity index (χ0) is 19.7. The summed E-state index contributed by atoms with van der Waals surface area (Å²) in [5.41, 5.74) is 0.0897. The van der Waals surface area contributed by atoms with E-state index in [1.165, 1.54) is 6.07 Å². The van der Waals surface area contributed by atoms with Crippen molar-refractivity contribution >= 4 is 23.1 Å². The summed E-state index contributed by atoms with van der Waals surface area (Å²) < 4.78 is 50.6. The number of benzene rings is 2. The second kappa shape index (κ2) is 7.06. The van der Waals surface area contributed by atoms with E-state index in [1.807, 2.05) is 0 Å². The summed E-state index contributed by atoms with van der Waals surface area (Å²) in [7, 11) is 0. The van der Waals surface area contributed by atoms with Gasteiger partial charge in [0.25, 0.3) is 5.91 Å². The lowest BCUT2D eigenvalue weighted by atomic mass is 10.2. The third-order valence-corrected chi connectivity index (χ3v) is 3.83. The first-order valence-corrected chi connectivity index (χ1v) is 7.95. The Balaban J connectivity index is 1.52. The van der Waals surface area contributed by atoms with Gasteiger partial charge in [-0.05, 0) is 24.3 Å². The Morgan fingerprint density at radius 2 is 1.79 bits per heavy atom. The molecule has 1 aliphatic heterocycles. The lowest BCUT2D eigenvalue weighted by Gasteiger charge is -2.09. The number of ether oxygens (including phenoxy) is 2. The third kappa shape index (κ3) is 3.39. The molecule has 2 heterocycles. The number of nitrogens with one attached hydrogen (secondary N) is 2. The highest BCUT2D eigenvalue weighted by Gasteiger charge is 2.17. The van der Waals surface area contributed by atoms with E-state index in [9.17, 15) is 18.0 Å². The number of rotatable bonds is 4. The average Bonchev–Trinajstić information content (AvgIpc) is 3.16. The highest BCUT2D eigenvalue weighted by atomic mass is 19.2. The Bertz CT molecular complexity index is 1080. The van der Waals surface area contributed by atoms with E-state index < -0.39 is 23.4 Å². The summed E-state index contributed by atoms with van der Waals surface area (Å²) in [6.07, 6.45) is 1.08. The highest BCUT2D eigenvalue weighted by Crippen LogP contribution is 2.34. The molecule has 0 fully saturated rings. The minimum absolute atomic E-state index is 0.0238. The second-order valence-electron chi connectivity index (χ2n) is 5.66. The summed E-state index contributed by atoms with van der Waals surface area (Å²) >= 11 is 0. The Morgan fingerprint density at radius 1 is 0.964 bits per heavy atom. The minimum atomic E-state index is -1.61. The number of anilines is 3. The van der Waals surface area contributed by atoms with Gasteiger partial charge in [-0.1, -0.05) is 0 Å². The summed E-state index contributed by atoms with van der Waals surface area (Å²) in [5, 5.41) is 5.11. The van der Waals surface area contributed by atoms with Gasteiger partial charge in [0.1, 0.15) is 17.8 Å². The van der Waals surface area contributed by atoms with Crippen molar-refractivity contribution in [2.45, 2.75) is 0 Å². The zero-order valence-corrected chi connectivity index (χ0v) is 14.0. The van der Waals surface area contributed by atoms with Gasteiger partial charge in [-0.25, -0.2) is 23.1 Å². The van der Waals surface area contributed by atoms with Crippen molar-refractivity contribution in [3.63, 3.8) is 0 Å². The Kier molecular flexibility index (Phi) is 4.44. The molecule has 10 heteroatoms. The molecule has 1 aromatic heterocycles. The number of amides is 1. The molecular formula is C18H11F3N4O3. The number of hydrogen-bond acceptors (Lipinski definition) is 6. The number of hydrogen-bond donors (Lipinski definition) is 2. The quantitative estimate of drug-likeness (QED) is 0.664. The van der Waals surface area contributed by atoms with Crippen LogP contribution < -0.4 is 20.1 Å². The number of aromatic nitrogens is 2. The van der Waals surface area contributed by atoms with Crippen LogP contribution in [0.5, 0.6) is 11.5 Å². The maximum Gasteiger partial charge on any atom is 0.274 e. The van der Waals surface area contributed by atoms with Gasteiger partial charge in [0, 0.05) is 17.8 Å². The summed E-state index contributed by atoms with van der Waals surface area (Å²) in [6, 6.07) is 7.90. The second-order valence-corrected chi connectivity index (χ2v) is 5.66. The van der Waals surface area contributed by atoms with Crippen LogP contribution in [-0.4, -0.2) is 22.7 Å². The summed E-state index contributed by atoms with van der Waals surface area (Å²) in [6.45, 7) is 0.105. The van der Waals surface area contributed by atoms with Gasteiger partial charge in [-0.15, -0.1) is 0 Å². The first kappa shape index (κ1) is 17.6. The van der Waals surface area contributed by atoms with Crippen LogP contribution in [0, 0.1) is 17.5 Å². The molecule has 28 heavy (non-hydrogen) atoms. The predicted molar refractivity (Wildman–Crippen MR) is 92.1 cm³/mol. The van der Waals surface area contributed by atoms with Gasteiger partial charge >= 0.3 is 0 Å². The molecule has 0 spiro atoms. The van der Waals surface area contributed by atoms with Crippen LogP contribution in [0.15, 0.2) is 42.7 Å². The Hall–Kier alpha value is -3.82. The van der Waals surface area contributed by atoms with Gasteiger partial charge in [0.15, 0.2) is 29.0 Å². The first-order valence-electron chi connectivity index (χ1n) is 7.95. The van der Waals surface area contributed by atoms with Crippen LogP contribution >= 0.6 is 0 Å². The van der Waals surface area contributed by atoms with E-state index in [-0.39, 0.29) is 24.0 Å². The summed E-state index contributed by atoms with van der Waals surface area (Å²) in [5.74, 6) is -3.79. The Morgan fingerprint density at radius 3 is 2.64 bits per heavy atom. The van der Waals surface area contributed by atoms with E-state index in [1.54, 1.807) is 18.2 Å². The largest absolute Gasteiger partial charge is 0.454 e. The first-order chi connectivity index (χ1) is 13.5. The zero-order valence-electron chi connectivity index (χ0n) is 14.0. The fourth-order valence-corrected chi connectivity index (χ4v) is 2.48. The van der Waals surface area contributed by atoms with Gasteiger partial charge < -0.3 is 20.1 Å². The van der Waals surface area contributed by atoms with Crippen LogP contribution in [0.2, 0.25) is 0 Å². The smallest absolute Gasteiger partial charge is 0.274 e. The fraction of sp³-hybridized carbons (Fsp3) is 0.0556. The molecule has 0 bridgehead atoms. The molecule has 4 rings (SSSR count). The molecule has 0 atom stereocenters. The van der Waals surface area contributed by atoms with Gasteiger partial charge in [-0.2, -0.15) is 0 Å². The van der Waals surface area contributed by atoms with E-state index in [4.69, 9.17) is 9.47 Å². The predicted octanol–water partition coefficient (Wildman–Crippen LogP) is 3.62. The lowest BCUT2D eigenvalue weighted by molar-refractivity contribution is 0.102.